The number of morpholine rings is 1. The van der Waals surface area contributed by atoms with Crippen molar-refractivity contribution in [2.45, 2.75) is 37.8 Å². The van der Waals surface area contributed by atoms with Crippen molar-refractivity contribution in [1.82, 2.24) is 20.5 Å². The Morgan fingerprint density at radius 2 is 2.12 bits per heavy atom. The Morgan fingerprint density at radius 1 is 1.32 bits per heavy atom. The number of aromatic nitrogens is 1. The molecule has 1 aromatic heterocycles. The molecule has 2 atom stereocenters. The Morgan fingerprint density at radius 3 is 2.84 bits per heavy atom. The highest BCUT2D eigenvalue weighted by atomic mass is 16.5. The fourth-order valence-corrected chi connectivity index (χ4v) is 3.40. The van der Waals surface area contributed by atoms with Crippen LogP contribution in [0.3, 0.4) is 0 Å². The van der Waals surface area contributed by atoms with Crippen LogP contribution >= 0.6 is 0 Å². The Hall–Kier alpha value is -1.99. The van der Waals surface area contributed by atoms with Gasteiger partial charge in [0.05, 0.1) is 6.04 Å². The van der Waals surface area contributed by atoms with E-state index in [-0.39, 0.29) is 18.4 Å². The predicted octanol–water partition coefficient (Wildman–Crippen LogP) is 0.630. The summed E-state index contributed by atoms with van der Waals surface area (Å²) in [5.74, 6) is -0.411. The zero-order valence-corrected chi connectivity index (χ0v) is 14.4. The van der Waals surface area contributed by atoms with E-state index in [0.29, 0.717) is 6.54 Å². The van der Waals surface area contributed by atoms with Gasteiger partial charge in [0.15, 0.2) is 6.10 Å². The number of hydrogen-bond donors (Lipinski definition) is 2. The van der Waals surface area contributed by atoms with E-state index in [4.69, 9.17) is 4.74 Å². The van der Waals surface area contributed by atoms with Crippen LogP contribution in [0.2, 0.25) is 0 Å². The van der Waals surface area contributed by atoms with Crippen molar-refractivity contribution >= 4 is 11.8 Å². The summed E-state index contributed by atoms with van der Waals surface area (Å²) >= 11 is 0. The molecule has 3 heterocycles. The molecule has 2 N–H and O–H groups in total. The van der Waals surface area contributed by atoms with Gasteiger partial charge < -0.3 is 20.3 Å². The molecule has 2 amide bonds. The van der Waals surface area contributed by atoms with Gasteiger partial charge in [-0.1, -0.05) is 18.9 Å². The molecule has 136 valence electrons. The van der Waals surface area contributed by atoms with E-state index in [1.165, 1.54) is 25.7 Å². The maximum Gasteiger partial charge on any atom is 0.251 e. The molecule has 7 nitrogen and oxygen atoms in total. The van der Waals surface area contributed by atoms with Gasteiger partial charge in [0, 0.05) is 25.5 Å². The van der Waals surface area contributed by atoms with Gasteiger partial charge in [0.25, 0.3) is 5.91 Å². The average Bonchev–Trinajstić information content (AvgIpc) is 2.91. The zero-order valence-electron chi connectivity index (χ0n) is 14.4. The minimum Gasteiger partial charge on any atom is -0.356 e. The third-order valence-electron chi connectivity index (χ3n) is 4.74. The Kier molecular flexibility index (Phi) is 6.36. The van der Waals surface area contributed by atoms with Crippen molar-refractivity contribution in [2.24, 2.45) is 0 Å². The summed E-state index contributed by atoms with van der Waals surface area (Å²) < 4.78 is 5.52. The van der Waals surface area contributed by atoms with Crippen LogP contribution in [0, 0.1) is 0 Å². The number of pyridine rings is 1. The van der Waals surface area contributed by atoms with Crippen LogP contribution in [0.1, 0.15) is 37.3 Å². The van der Waals surface area contributed by atoms with Crippen molar-refractivity contribution in [2.75, 3.05) is 32.8 Å². The molecule has 1 aromatic rings. The van der Waals surface area contributed by atoms with Gasteiger partial charge in [-0.25, -0.2) is 0 Å². The van der Waals surface area contributed by atoms with E-state index in [9.17, 15) is 9.59 Å². The lowest BCUT2D eigenvalue weighted by atomic mass is 10.0. The first-order chi connectivity index (χ1) is 12.2. The van der Waals surface area contributed by atoms with E-state index in [1.807, 2.05) is 6.07 Å². The van der Waals surface area contributed by atoms with E-state index in [0.717, 1.165) is 25.2 Å². The fraction of sp³-hybridized carbons (Fsp3) is 0.611. The second-order valence-electron chi connectivity index (χ2n) is 6.61. The molecule has 0 radical (unpaired) electrons. The molecule has 0 aromatic carbocycles. The first kappa shape index (κ1) is 17.8. The van der Waals surface area contributed by atoms with Crippen molar-refractivity contribution < 1.29 is 14.3 Å². The van der Waals surface area contributed by atoms with Crippen molar-refractivity contribution in [3.8, 4) is 0 Å². The molecule has 2 aliphatic rings. The number of nitrogens with zero attached hydrogens (tertiary/aromatic N) is 2. The highest BCUT2D eigenvalue weighted by Gasteiger charge is 2.36. The highest BCUT2D eigenvalue weighted by Crippen LogP contribution is 2.21. The number of amides is 2. The monoisotopic (exact) mass is 346 g/mol. The maximum absolute atomic E-state index is 12.6. The molecule has 0 spiro atoms. The number of hydrogen-bond acceptors (Lipinski definition) is 5. The molecule has 25 heavy (non-hydrogen) atoms. The van der Waals surface area contributed by atoms with Gasteiger partial charge in [-0.15, -0.1) is 0 Å². The number of ether oxygens (including phenoxy) is 1. The highest BCUT2D eigenvalue weighted by molar-refractivity contribution is 5.86. The molecule has 0 unspecified atom stereocenters. The van der Waals surface area contributed by atoms with Crippen LogP contribution in [0.5, 0.6) is 0 Å². The SMILES string of the molecule is O=C1CO[C@H](C(=O)NCCN2CCCCCC2)[C@@H](c2cccnc2)N1. The largest absolute Gasteiger partial charge is 0.356 e. The van der Waals surface area contributed by atoms with Crippen LogP contribution in [-0.4, -0.2) is 60.6 Å². The van der Waals surface area contributed by atoms with Crippen LogP contribution < -0.4 is 10.6 Å². The number of carbonyl (C=O) groups excluding carboxylic acids is 2. The summed E-state index contributed by atoms with van der Waals surface area (Å²) in [5, 5.41) is 5.79. The topological polar surface area (TPSA) is 83.6 Å². The van der Waals surface area contributed by atoms with Crippen LogP contribution in [-0.2, 0) is 14.3 Å². The molecule has 0 bridgehead atoms. The van der Waals surface area contributed by atoms with E-state index >= 15 is 0 Å². The van der Waals surface area contributed by atoms with Gasteiger partial charge in [-0.05, 0) is 37.6 Å². The van der Waals surface area contributed by atoms with Gasteiger partial charge >= 0.3 is 0 Å². The minimum atomic E-state index is -0.731. The molecule has 0 saturated carbocycles. The lowest BCUT2D eigenvalue weighted by Gasteiger charge is -2.31. The molecule has 2 saturated heterocycles. The predicted molar refractivity (Wildman–Crippen MR) is 92.8 cm³/mol. The van der Waals surface area contributed by atoms with E-state index in [1.54, 1.807) is 18.5 Å². The van der Waals surface area contributed by atoms with Crippen LogP contribution in [0.25, 0.3) is 0 Å². The third-order valence-corrected chi connectivity index (χ3v) is 4.74. The standard InChI is InChI=1S/C18H26N4O3/c23-15-13-25-17(16(21-15)14-6-5-7-19-12-14)18(24)20-8-11-22-9-3-1-2-4-10-22/h5-7,12,16-17H,1-4,8-11,13H2,(H,20,24)(H,21,23)/t16-,17+/m1/s1. The number of likely N-dealkylation sites (tertiary alicyclic amines) is 1. The van der Waals surface area contributed by atoms with Gasteiger partial charge in [-0.2, -0.15) is 0 Å². The molecular weight excluding hydrogens is 320 g/mol. The number of rotatable bonds is 5. The number of carbonyl (C=O) groups is 2. The second-order valence-corrected chi connectivity index (χ2v) is 6.61. The second kappa shape index (κ2) is 8.92. The summed E-state index contributed by atoms with van der Waals surface area (Å²) in [6.45, 7) is 3.55. The lowest BCUT2D eigenvalue weighted by molar-refractivity contribution is -0.148. The van der Waals surface area contributed by atoms with Crippen LogP contribution in [0.4, 0.5) is 0 Å². The van der Waals surface area contributed by atoms with Gasteiger partial charge in [0.2, 0.25) is 5.91 Å². The Labute approximate surface area is 148 Å². The quantitative estimate of drug-likeness (QED) is 0.817. The lowest BCUT2D eigenvalue weighted by Crippen LogP contribution is -2.53. The van der Waals surface area contributed by atoms with Gasteiger partial charge in [-0.3, -0.25) is 14.6 Å². The van der Waals surface area contributed by atoms with Crippen molar-refractivity contribution in [3.63, 3.8) is 0 Å². The maximum atomic E-state index is 12.6. The summed E-state index contributed by atoms with van der Waals surface area (Å²) in [7, 11) is 0. The molecule has 2 aliphatic heterocycles. The van der Waals surface area contributed by atoms with Crippen molar-refractivity contribution in [1.29, 1.82) is 0 Å². The van der Waals surface area contributed by atoms with E-state index in [2.05, 4.69) is 20.5 Å². The first-order valence-electron chi connectivity index (χ1n) is 9.05. The van der Waals surface area contributed by atoms with Crippen molar-refractivity contribution in [3.05, 3.63) is 30.1 Å². The zero-order chi connectivity index (χ0) is 17.5. The summed E-state index contributed by atoms with van der Waals surface area (Å²) in [4.78, 5) is 30.7. The normalized spacial score (nSPS) is 25.0. The minimum absolute atomic E-state index is 0.0963. The molecular formula is C18H26N4O3. The smallest absolute Gasteiger partial charge is 0.251 e. The molecule has 0 aliphatic carbocycles. The van der Waals surface area contributed by atoms with Gasteiger partial charge in [0.1, 0.15) is 6.61 Å². The molecule has 7 heteroatoms. The molecule has 3 rings (SSSR count). The Balaban J connectivity index is 1.54. The number of nitrogens with one attached hydrogen (secondary N) is 2. The summed E-state index contributed by atoms with van der Waals surface area (Å²) in [6, 6.07) is 3.11. The Bertz CT molecular complexity index is 573. The van der Waals surface area contributed by atoms with E-state index < -0.39 is 12.1 Å². The third kappa shape index (κ3) is 4.99. The summed E-state index contributed by atoms with van der Waals surface area (Å²) in [6.07, 6.45) is 7.63. The summed E-state index contributed by atoms with van der Waals surface area (Å²) in [5.41, 5.74) is 0.767. The average molecular weight is 346 g/mol. The first-order valence-corrected chi connectivity index (χ1v) is 9.05. The molecule has 2 fully saturated rings. The fourth-order valence-electron chi connectivity index (χ4n) is 3.40. The van der Waals surface area contributed by atoms with Crippen LogP contribution in [0.15, 0.2) is 24.5 Å².